The number of benzene rings is 2. The zero-order valence-corrected chi connectivity index (χ0v) is 12.9. The number of methoxy groups -OCH3 is 1. The lowest BCUT2D eigenvalue weighted by Gasteiger charge is -2.13. The number of halogens is 1. The maximum Gasteiger partial charge on any atom is 0.142 e. The van der Waals surface area contributed by atoms with Gasteiger partial charge in [0.1, 0.15) is 11.5 Å². The Morgan fingerprint density at radius 2 is 2.00 bits per heavy atom. The smallest absolute Gasteiger partial charge is 0.142 e. The predicted molar refractivity (Wildman–Crippen MR) is 87.9 cm³/mol. The van der Waals surface area contributed by atoms with Gasteiger partial charge >= 0.3 is 0 Å². The lowest BCUT2D eigenvalue weighted by atomic mass is 10.2. The second-order valence-corrected chi connectivity index (χ2v) is 5.05. The van der Waals surface area contributed by atoms with Crippen molar-refractivity contribution >= 4 is 28.7 Å². The Balaban J connectivity index is 2.26. The van der Waals surface area contributed by atoms with E-state index in [1.54, 1.807) is 25.3 Å². The normalized spacial score (nSPS) is 10.2. The Morgan fingerprint density at radius 1 is 1.19 bits per heavy atom. The van der Waals surface area contributed by atoms with Crippen molar-refractivity contribution in [2.45, 2.75) is 13.3 Å². The van der Waals surface area contributed by atoms with E-state index in [2.05, 4.69) is 12.2 Å². The first-order valence-electron chi connectivity index (χ1n) is 6.76. The molecule has 0 amide bonds. The SMILES string of the molecule is CCCOc1cc(N)cc(Nc2cc(Cl)ccc2OC)c1. The molecule has 0 aliphatic rings. The van der Waals surface area contributed by atoms with Gasteiger partial charge in [0, 0.05) is 28.5 Å². The number of nitrogens with two attached hydrogens (primary N) is 1. The molecule has 0 radical (unpaired) electrons. The van der Waals surface area contributed by atoms with E-state index in [0.29, 0.717) is 23.1 Å². The van der Waals surface area contributed by atoms with E-state index >= 15 is 0 Å². The van der Waals surface area contributed by atoms with Crippen molar-refractivity contribution in [3.05, 3.63) is 41.4 Å². The third kappa shape index (κ3) is 4.20. The molecule has 0 spiro atoms. The minimum atomic E-state index is 0.629. The molecule has 0 aliphatic heterocycles. The van der Waals surface area contributed by atoms with Crippen LogP contribution in [-0.4, -0.2) is 13.7 Å². The average Bonchev–Trinajstić information content (AvgIpc) is 2.45. The van der Waals surface area contributed by atoms with Crippen LogP contribution in [0.5, 0.6) is 11.5 Å². The van der Waals surface area contributed by atoms with Gasteiger partial charge in [0.2, 0.25) is 0 Å². The summed E-state index contributed by atoms with van der Waals surface area (Å²) in [5.41, 5.74) is 8.14. The highest BCUT2D eigenvalue weighted by atomic mass is 35.5. The molecule has 21 heavy (non-hydrogen) atoms. The zero-order chi connectivity index (χ0) is 15.2. The highest BCUT2D eigenvalue weighted by Gasteiger charge is 2.06. The van der Waals surface area contributed by atoms with Gasteiger partial charge in [-0.15, -0.1) is 0 Å². The summed E-state index contributed by atoms with van der Waals surface area (Å²) in [6.45, 7) is 2.71. The summed E-state index contributed by atoms with van der Waals surface area (Å²) in [6, 6.07) is 10.9. The van der Waals surface area contributed by atoms with Crippen LogP contribution in [0, 0.1) is 0 Å². The minimum absolute atomic E-state index is 0.629. The predicted octanol–water partition coefficient (Wildman–Crippen LogP) is 4.46. The molecule has 0 saturated carbocycles. The molecular formula is C16H19ClN2O2. The number of nitrogens with one attached hydrogen (secondary N) is 1. The van der Waals surface area contributed by atoms with Crippen molar-refractivity contribution in [3.8, 4) is 11.5 Å². The molecule has 0 saturated heterocycles. The number of anilines is 3. The first-order chi connectivity index (χ1) is 10.1. The fourth-order valence-corrected chi connectivity index (χ4v) is 2.10. The molecule has 2 rings (SSSR count). The zero-order valence-electron chi connectivity index (χ0n) is 12.2. The molecule has 0 unspecified atom stereocenters. The van der Waals surface area contributed by atoms with Gasteiger partial charge in [-0.1, -0.05) is 18.5 Å². The third-order valence-corrected chi connectivity index (χ3v) is 3.08. The van der Waals surface area contributed by atoms with E-state index in [4.69, 9.17) is 26.8 Å². The van der Waals surface area contributed by atoms with Gasteiger partial charge in [-0.25, -0.2) is 0 Å². The van der Waals surface area contributed by atoms with Crippen molar-refractivity contribution in [2.75, 3.05) is 24.8 Å². The lowest BCUT2D eigenvalue weighted by Crippen LogP contribution is -1.99. The van der Waals surface area contributed by atoms with Crippen LogP contribution in [0.2, 0.25) is 5.02 Å². The highest BCUT2D eigenvalue weighted by Crippen LogP contribution is 2.32. The number of hydrogen-bond acceptors (Lipinski definition) is 4. The fourth-order valence-electron chi connectivity index (χ4n) is 1.93. The first-order valence-corrected chi connectivity index (χ1v) is 7.14. The van der Waals surface area contributed by atoms with Gasteiger partial charge in [-0.3, -0.25) is 0 Å². The summed E-state index contributed by atoms with van der Waals surface area (Å²) in [4.78, 5) is 0. The van der Waals surface area contributed by atoms with E-state index in [1.165, 1.54) is 0 Å². The molecule has 2 aromatic carbocycles. The van der Waals surface area contributed by atoms with Crippen LogP contribution in [0.3, 0.4) is 0 Å². The van der Waals surface area contributed by atoms with Gasteiger partial charge < -0.3 is 20.5 Å². The fraction of sp³-hybridized carbons (Fsp3) is 0.250. The molecule has 2 aromatic rings. The van der Waals surface area contributed by atoms with Crippen LogP contribution in [0.1, 0.15) is 13.3 Å². The quantitative estimate of drug-likeness (QED) is 0.773. The van der Waals surface area contributed by atoms with Gasteiger partial charge in [0.25, 0.3) is 0 Å². The molecule has 4 nitrogen and oxygen atoms in total. The Bertz CT molecular complexity index is 617. The summed E-state index contributed by atoms with van der Waals surface area (Å²) in [5, 5.41) is 3.88. The number of hydrogen-bond donors (Lipinski definition) is 2. The first kappa shape index (κ1) is 15.3. The van der Waals surface area contributed by atoms with E-state index < -0.39 is 0 Å². The average molecular weight is 307 g/mol. The summed E-state index contributed by atoms with van der Waals surface area (Å²) < 4.78 is 10.9. The maximum atomic E-state index is 6.03. The van der Waals surface area contributed by atoms with Gasteiger partial charge in [-0.2, -0.15) is 0 Å². The summed E-state index contributed by atoms with van der Waals surface area (Å²) >= 11 is 6.03. The molecule has 0 fully saturated rings. The third-order valence-electron chi connectivity index (χ3n) is 2.84. The standard InChI is InChI=1S/C16H19ClN2O2/c1-3-6-21-14-9-12(18)8-13(10-14)19-15-7-11(17)4-5-16(15)20-2/h4-5,7-10,19H,3,6,18H2,1-2H3. The Kier molecular flexibility index (Phi) is 5.17. The molecule has 0 heterocycles. The van der Waals surface area contributed by atoms with Crippen LogP contribution >= 0.6 is 11.6 Å². The number of rotatable bonds is 6. The van der Waals surface area contributed by atoms with Crippen LogP contribution in [0.15, 0.2) is 36.4 Å². The summed E-state index contributed by atoms with van der Waals surface area (Å²) in [7, 11) is 1.61. The van der Waals surface area contributed by atoms with Gasteiger partial charge in [0.05, 0.1) is 19.4 Å². The van der Waals surface area contributed by atoms with Gasteiger partial charge in [-0.05, 0) is 30.7 Å². The molecule has 0 atom stereocenters. The maximum absolute atomic E-state index is 6.03. The topological polar surface area (TPSA) is 56.5 Å². The van der Waals surface area contributed by atoms with Crippen LogP contribution in [0.25, 0.3) is 0 Å². The van der Waals surface area contributed by atoms with Crippen molar-refractivity contribution in [1.82, 2.24) is 0 Å². The lowest BCUT2D eigenvalue weighted by molar-refractivity contribution is 0.318. The number of ether oxygens (including phenoxy) is 2. The molecule has 0 aliphatic carbocycles. The second-order valence-electron chi connectivity index (χ2n) is 4.61. The minimum Gasteiger partial charge on any atom is -0.495 e. The van der Waals surface area contributed by atoms with Crippen molar-refractivity contribution in [3.63, 3.8) is 0 Å². The van der Waals surface area contributed by atoms with E-state index in [9.17, 15) is 0 Å². The molecule has 112 valence electrons. The molecule has 0 aromatic heterocycles. The summed E-state index contributed by atoms with van der Waals surface area (Å²) in [6.07, 6.45) is 0.944. The Hall–Kier alpha value is -2.07. The molecular weight excluding hydrogens is 288 g/mol. The van der Waals surface area contributed by atoms with Crippen LogP contribution in [-0.2, 0) is 0 Å². The summed E-state index contributed by atoms with van der Waals surface area (Å²) in [5.74, 6) is 1.44. The largest absolute Gasteiger partial charge is 0.495 e. The van der Waals surface area contributed by atoms with E-state index in [-0.39, 0.29) is 0 Å². The number of nitrogen functional groups attached to an aromatic ring is 1. The highest BCUT2D eigenvalue weighted by molar-refractivity contribution is 6.31. The Morgan fingerprint density at radius 3 is 2.71 bits per heavy atom. The van der Waals surface area contributed by atoms with E-state index in [1.807, 2.05) is 18.2 Å². The Labute approximate surface area is 129 Å². The van der Waals surface area contributed by atoms with Gasteiger partial charge in [0.15, 0.2) is 0 Å². The van der Waals surface area contributed by atoms with Crippen LogP contribution < -0.4 is 20.5 Å². The molecule has 0 bridgehead atoms. The molecule has 3 N–H and O–H groups in total. The second kappa shape index (κ2) is 7.09. The van der Waals surface area contributed by atoms with Crippen molar-refractivity contribution < 1.29 is 9.47 Å². The van der Waals surface area contributed by atoms with E-state index in [0.717, 1.165) is 23.5 Å². The van der Waals surface area contributed by atoms with Crippen LogP contribution in [0.4, 0.5) is 17.1 Å². The van der Waals surface area contributed by atoms with Crippen molar-refractivity contribution in [1.29, 1.82) is 0 Å². The van der Waals surface area contributed by atoms with Crippen molar-refractivity contribution in [2.24, 2.45) is 0 Å². The monoisotopic (exact) mass is 306 g/mol. The molecule has 5 heteroatoms.